The Balaban J connectivity index is 2.18. The van der Waals surface area contributed by atoms with Crippen LogP contribution in [-0.4, -0.2) is 10.9 Å². The van der Waals surface area contributed by atoms with Gasteiger partial charge in [-0.05, 0) is 41.7 Å². The molecule has 2 rings (SSSR count). The molecule has 0 saturated carbocycles. The Kier molecular flexibility index (Phi) is 5.33. The summed E-state index contributed by atoms with van der Waals surface area (Å²) in [5.41, 5.74) is 3.03. The lowest BCUT2D eigenvalue weighted by Gasteiger charge is -2.12. The smallest absolute Gasteiger partial charge is 0.220 e. The van der Waals surface area contributed by atoms with E-state index in [1.165, 1.54) is 0 Å². The van der Waals surface area contributed by atoms with Crippen molar-refractivity contribution in [1.82, 2.24) is 0 Å². The van der Waals surface area contributed by atoms with Gasteiger partial charge in [-0.2, -0.15) is 0 Å². The summed E-state index contributed by atoms with van der Waals surface area (Å²) in [6.07, 6.45) is 12.0. The van der Waals surface area contributed by atoms with Gasteiger partial charge in [0.1, 0.15) is 0 Å². The van der Waals surface area contributed by atoms with Crippen molar-refractivity contribution in [2.45, 2.75) is 26.2 Å². The number of benzene rings is 1. The number of unbranched alkanes of at least 4 members (excludes halogenated alkanes) is 1. The second-order valence-corrected chi connectivity index (χ2v) is 5.06. The lowest BCUT2D eigenvalue weighted by atomic mass is 9.93. The van der Waals surface area contributed by atoms with Crippen molar-refractivity contribution in [2.24, 2.45) is 0 Å². The topological polar surface area (TPSA) is 37.3 Å². The molecule has 1 aliphatic rings. The molecule has 2 nitrogen and oxygen atoms in total. The van der Waals surface area contributed by atoms with Crippen LogP contribution in [0.4, 0.5) is 0 Å². The van der Waals surface area contributed by atoms with Gasteiger partial charge >= 0.3 is 0 Å². The summed E-state index contributed by atoms with van der Waals surface area (Å²) in [6, 6.07) is 10.0. The quantitative estimate of drug-likeness (QED) is 0.843. The molecule has 1 aromatic rings. The molecule has 0 aliphatic heterocycles. The van der Waals surface area contributed by atoms with E-state index >= 15 is 0 Å². The summed E-state index contributed by atoms with van der Waals surface area (Å²) in [5, 5.41) is 9.61. The second-order valence-electron chi connectivity index (χ2n) is 5.06. The highest BCUT2D eigenvalue weighted by atomic mass is 16.3. The highest BCUT2D eigenvalue weighted by molar-refractivity contribution is 6.05. The van der Waals surface area contributed by atoms with Gasteiger partial charge in [-0.1, -0.05) is 61.9 Å². The fourth-order valence-electron chi connectivity index (χ4n) is 2.19. The van der Waals surface area contributed by atoms with Gasteiger partial charge in [-0.3, -0.25) is 4.79 Å². The van der Waals surface area contributed by atoms with Gasteiger partial charge < -0.3 is 5.11 Å². The van der Waals surface area contributed by atoms with Crippen LogP contribution in [0.2, 0.25) is 0 Å². The maximum absolute atomic E-state index is 11.6. The van der Waals surface area contributed by atoms with Crippen molar-refractivity contribution in [1.29, 1.82) is 0 Å². The monoisotopic (exact) mass is 280 g/mol. The molecule has 0 saturated heterocycles. The molecule has 1 N–H and O–H groups in total. The molecule has 0 atom stereocenters. The standard InChI is InChI=1S/C19H20O2/c1-2-3-11-16-13-18(20)19(21)14-17(16)12-7-10-15-8-5-4-6-9-15/h4-10,12-14,21H,2-3,11H2,1H3. The second kappa shape index (κ2) is 7.44. The number of rotatable bonds is 5. The van der Waals surface area contributed by atoms with Gasteiger partial charge in [0, 0.05) is 0 Å². The molecule has 0 aromatic heterocycles. The molecule has 2 heteroatoms. The highest BCUT2D eigenvalue weighted by Crippen LogP contribution is 2.24. The molecule has 0 radical (unpaired) electrons. The first-order valence-corrected chi connectivity index (χ1v) is 7.30. The first kappa shape index (κ1) is 15.0. The third-order valence-electron chi connectivity index (χ3n) is 3.38. The minimum Gasteiger partial charge on any atom is -0.504 e. The van der Waals surface area contributed by atoms with Crippen molar-refractivity contribution in [3.05, 3.63) is 77.1 Å². The SMILES string of the molecule is CCCCC1=CC(=O)C(O)=CC1=CC=Cc1ccccc1. The van der Waals surface area contributed by atoms with Crippen LogP contribution in [0.3, 0.4) is 0 Å². The van der Waals surface area contributed by atoms with E-state index in [1.807, 2.05) is 48.6 Å². The number of carbonyl (C=O) groups is 1. The Morgan fingerprint density at radius 2 is 1.90 bits per heavy atom. The van der Waals surface area contributed by atoms with Crippen LogP contribution >= 0.6 is 0 Å². The zero-order chi connectivity index (χ0) is 15.1. The number of aliphatic hydroxyl groups is 1. The van der Waals surface area contributed by atoms with Gasteiger partial charge in [-0.15, -0.1) is 0 Å². The van der Waals surface area contributed by atoms with Crippen molar-refractivity contribution in [2.75, 3.05) is 0 Å². The third-order valence-corrected chi connectivity index (χ3v) is 3.38. The first-order valence-electron chi connectivity index (χ1n) is 7.30. The molecule has 0 fully saturated rings. The number of allylic oxidation sites excluding steroid dienone is 6. The molecular weight excluding hydrogens is 260 g/mol. The molecule has 0 bridgehead atoms. The average Bonchev–Trinajstić information content (AvgIpc) is 2.50. The van der Waals surface area contributed by atoms with Gasteiger partial charge in [0.2, 0.25) is 5.78 Å². The molecule has 0 heterocycles. The summed E-state index contributed by atoms with van der Waals surface area (Å²) in [5.74, 6) is -0.486. The number of ketones is 1. The minimum absolute atomic E-state index is 0.186. The summed E-state index contributed by atoms with van der Waals surface area (Å²) < 4.78 is 0. The number of hydrogen-bond donors (Lipinski definition) is 1. The largest absolute Gasteiger partial charge is 0.504 e. The van der Waals surface area contributed by atoms with Crippen LogP contribution in [0.15, 0.2) is 71.5 Å². The summed E-state index contributed by atoms with van der Waals surface area (Å²) in [7, 11) is 0. The Labute approximate surface area is 125 Å². The van der Waals surface area contributed by atoms with Crippen LogP contribution in [0.25, 0.3) is 6.08 Å². The Morgan fingerprint density at radius 3 is 2.62 bits per heavy atom. The predicted molar refractivity (Wildman–Crippen MR) is 86.9 cm³/mol. The molecule has 0 spiro atoms. The maximum atomic E-state index is 11.6. The van der Waals surface area contributed by atoms with Crippen LogP contribution in [0, 0.1) is 0 Å². The molecule has 108 valence electrons. The van der Waals surface area contributed by atoms with Crippen molar-refractivity contribution in [3.8, 4) is 0 Å². The molecule has 0 amide bonds. The Morgan fingerprint density at radius 1 is 1.14 bits per heavy atom. The van der Waals surface area contributed by atoms with E-state index in [4.69, 9.17) is 0 Å². The van der Waals surface area contributed by atoms with Crippen molar-refractivity contribution >= 4 is 11.9 Å². The van der Waals surface area contributed by atoms with Crippen molar-refractivity contribution < 1.29 is 9.90 Å². The maximum Gasteiger partial charge on any atom is 0.220 e. The fraction of sp³-hybridized carbons (Fsp3) is 0.211. The summed E-state index contributed by atoms with van der Waals surface area (Å²) >= 11 is 0. The third kappa shape index (κ3) is 4.32. The minimum atomic E-state index is -0.301. The van der Waals surface area contributed by atoms with Gasteiger partial charge in [0.05, 0.1) is 0 Å². The molecular formula is C19H20O2. The van der Waals surface area contributed by atoms with Crippen molar-refractivity contribution in [3.63, 3.8) is 0 Å². The Bertz CT molecular complexity index is 616. The normalized spacial score (nSPS) is 17.2. The zero-order valence-electron chi connectivity index (χ0n) is 12.3. The van der Waals surface area contributed by atoms with Crippen LogP contribution in [0.5, 0.6) is 0 Å². The van der Waals surface area contributed by atoms with Gasteiger partial charge in [0.25, 0.3) is 0 Å². The first-order chi connectivity index (χ1) is 10.2. The molecule has 21 heavy (non-hydrogen) atoms. The van der Waals surface area contributed by atoms with Gasteiger partial charge in [-0.25, -0.2) is 0 Å². The zero-order valence-corrected chi connectivity index (χ0v) is 12.3. The highest BCUT2D eigenvalue weighted by Gasteiger charge is 2.15. The summed E-state index contributed by atoms with van der Waals surface area (Å²) in [6.45, 7) is 2.12. The fourth-order valence-corrected chi connectivity index (χ4v) is 2.19. The molecule has 0 unspecified atom stereocenters. The van der Waals surface area contributed by atoms with Gasteiger partial charge in [0.15, 0.2) is 5.76 Å². The van der Waals surface area contributed by atoms with E-state index in [2.05, 4.69) is 6.92 Å². The lowest BCUT2D eigenvalue weighted by molar-refractivity contribution is -0.113. The lowest BCUT2D eigenvalue weighted by Crippen LogP contribution is -2.06. The van der Waals surface area contributed by atoms with E-state index in [0.717, 1.165) is 36.0 Å². The Hall–Kier alpha value is -2.35. The van der Waals surface area contributed by atoms with E-state index in [1.54, 1.807) is 12.2 Å². The van der Waals surface area contributed by atoms with E-state index in [9.17, 15) is 9.90 Å². The number of carbonyl (C=O) groups excluding carboxylic acids is 1. The van der Waals surface area contributed by atoms with Crippen LogP contribution < -0.4 is 0 Å². The molecule has 1 aromatic carbocycles. The van der Waals surface area contributed by atoms with Crippen LogP contribution in [-0.2, 0) is 4.79 Å². The average molecular weight is 280 g/mol. The van der Waals surface area contributed by atoms with E-state index < -0.39 is 0 Å². The number of aliphatic hydroxyl groups excluding tert-OH is 1. The predicted octanol–water partition coefficient (Wildman–Crippen LogP) is 4.77. The summed E-state index contributed by atoms with van der Waals surface area (Å²) in [4.78, 5) is 11.6. The van der Waals surface area contributed by atoms with E-state index in [0.29, 0.717) is 0 Å². The molecule has 1 aliphatic carbocycles. The van der Waals surface area contributed by atoms with Crippen LogP contribution in [0.1, 0.15) is 31.7 Å². The van der Waals surface area contributed by atoms with E-state index in [-0.39, 0.29) is 11.5 Å². The number of hydrogen-bond acceptors (Lipinski definition) is 2.